The number of thiol groups is 2. The maximum absolute atomic E-state index is 11.7. The van der Waals surface area contributed by atoms with E-state index >= 15 is 0 Å². The maximum atomic E-state index is 11.7. The van der Waals surface area contributed by atoms with Crippen LogP contribution in [0.15, 0.2) is 0 Å². The third-order valence-electron chi connectivity index (χ3n) is 9.13. The van der Waals surface area contributed by atoms with Gasteiger partial charge in [-0.15, -0.1) is 47.7 Å². The molecule has 0 aromatic rings. The van der Waals surface area contributed by atoms with Crippen molar-refractivity contribution in [3.05, 3.63) is 0 Å². The molecule has 18 nitrogen and oxygen atoms in total. The Kier molecular flexibility index (Phi) is 34.1. The zero-order valence-electron chi connectivity index (χ0n) is 42.7. The van der Waals surface area contributed by atoms with Crippen molar-refractivity contribution in [2.45, 2.75) is 142 Å². The van der Waals surface area contributed by atoms with Gasteiger partial charge < -0.3 is 50.1 Å². The van der Waals surface area contributed by atoms with Crippen LogP contribution >= 0.6 is 73.0 Å². The summed E-state index contributed by atoms with van der Waals surface area (Å²) in [5.74, 6) is 0.226. The number of ether oxygens (including phenoxy) is 4. The van der Waals surface area contributed by atoms with Crippen molar-refractivity contribution in [1.29, 1.82) is 0 Å². The van der Waals surface area contributed by atoms with E-state index in [2.05, 4.69) is 107 Å². The molecule has 3 rings (SSSR count). The van der Waals surface area contributed by atoms with Gasteiger partial charge in [0, 0.05) is 34.2 Å². The SMILES string of the molecule is CC(C)(C)C=O.CC(N)(CS)C(=O)O.COC(=O)C(N)CS.COC(=O)C1(C)CSC(C(C)(C)C)N1C=O.COC(=O)C1CSC(C(C)(C)C)N1.COC(=O)C1CSC(C(C)(C)C)N1C=O.Cl. The third kappa shape index (κ3) is 25.5. The van der Waals surface area contributed by atoms with Crippen molar-refractivity contribution < 1.29 is 62.4 Å². The molecule has 6 N–H and O–H groups in total. The molecule has 3 fully saturated rings. The summed E-state index contributed by atoms with van der Waals surface area (Å²) in [5, 5.41) is 11.9. The molecule has 3 aliphatic rings. The number of hydrogen-bond donors (Lipinski definition) is 6. The number of halogens is 1. The number of nitrogens with one attached hydrogen (secondary N) is 1. The first-order chi connectivity index (χ1) is 29.9. The third-order valence-corrected chi connectivity index (χ3v) is 15.6. The van der Waals surface area contributed by atoms with E-state index in [1.165, 1.54) is 35.4 Å². The number of aliphatic carboxylic acids is 1. The second kappa shape index (κ2) is 32.0. The van der Waals surface area contributed by atoms with Crippen LogP contribution in [0, 0.1) is 21.7 Å². The van der Waals surface area contributed by atoms with E-state index in [-0.39, 0.29) is 74.5 Å². The molecule has 0 spiro atoms. The minimum Gasteiger partial charge on any atom is -0.480 e. The maximum Gasteiger partial charge on any atom is 0.332 e. The summed E-state index contributed by atoms with van der Waals surface area (Å²) in [6.07, 6.45) is 2.44. The highest BCUT2D eigenvalue weighted by Gasteiger charge is 2.52. The molecule has 67 heavy (non-hydrogen) atoms. The molecular weight excluding hydrogens is 990 g/mol. The van der Waals surface area contributed by atoms with E-state index in [0.717, 1.165) is 24.9 Å². The first kappa shape index (κ1) is 71.4. The van der Waals surface area contributed by atoms with E-state index in [9.17, 15) is 38.4 Å². The molecule has 2 amide bonds. The number of carboxylic acid groups (broad SMARTS) is 1. The summed E-state index contributed by atoms with van der Waals surface area (Å²) in [7, 11) is 5.43. The molecule has 3 saturated heterocycles. The highest BCUT2D eigenvalue weighted by atomic mass is 35.5. The number of carbonyl (C=O) groups excluding carboxylic acids is 7. The lowest BCUT2D eigenvalue weighted by molar-refractivity contribution is -0.156. The molecule has 3 heterocycles. The predicted octanol–water partition coefficient (Wildman–Crippen LogP) is 4.63. The monoisotopic (exact) mass is 1070 g/mol. The number of nitrogens with zero attached hydrogens (tertiary/aromatic N) is 2. The Morgan fingerprint density at radius 2 is 1.24 bits per heavy atom. The average molecular weight is 1070 g/mol. The Morgan fingerprint density at radius 1 is 0.761 bits per heavy atom. The quantitative estimate of drug-likeness (QED) is 0.0796. The van der Waals surface area contributed by atoms with E-state index < -0.39 is 35.1 Å². The largest absolute Gasteiger partial charge is 0.480 e. The summed E-state index contributed by atoms with van der Waals surface area (Å²) < 4.78 is 18.4. The number of thioether (sulfide) groups is 3. The molecule has 0 radical (unpaired) electrons. The van der Waals surface area contributed by atoms with Gasteiger partial charge in [0.05, 0.1) is 44.6 Å². The van der Waals surface area contributed by atoms with Gasteiger partial charge in [-0.25, -0.2) is 9.59 Å². The molecule has 0 aromatic carbocycles. The van der Waals surface area contributed by atoms with Crippen LogP contribution in [0.5, 0.6) is 0 Å². The summed E-state index contributed by atoms with van der Waals surface area (Å²) in [5.41, 5.74) is 8.30. The number of amides is 2. The fourth-order valence-electron chi connectivity index (χ4n) is 5.09. The topological polar surface area (TPSA) is 264 Å². The lowest BCUT2D eigenvalue weighted by Gasteiger charge is -2.37. The van der Waals surface area contributed by atoms with Crippen LogP contribution in [0.25, 0.3) is 0 Å². The number of esters is 4. The van der Waals surface area contributed by atoms with Gasteiger partial charge >= 0.3 is 29.8 Å². The van der Waals surface area contributed by atoms with Crippen LogP contribution in [0.1, 0.15) is 96.9 Å². The number of hydrogen-bond acceptors (Lipinski definition) is 20. The van der Waals surface area contributed by atoms with E-state index in [4.69, 9.17) is 21.3 Å². The normalized spacial score (nSPS) is 23.4. The van der Waals surface area contributed by atoms with Gasteiger partial charge in [0.25, 0.3) is 0 Å². The van der Waals surface area contributed by atoms with Crippen LogP contribution < -0.4 is 16.8 Å². The molecule has 0 aliphatic carbocycles. The Balaban J connectivity index is -0.000000366. The van der Waals surface area contributed by atoms with Crippen molar-refractivity contribution in [3.63, 3.8) is 0 Å². The second-order valence-electron chi connectivity index (χ2n) is 19.9. The highest BCUT2D eigenvalue weighted by Crippen LogP contribution is 2.44. The molecule has 3 aliphatic heterocycles. The molecular formula is C43H82ClN5O13S5. The van der Waals surface area contributed by atoms with Gasteiger partial charge in [-0.1, -0.05) is 83.1 Å². The van der Waals surface area contributed by atoms with Gasteiger partial charge in [0.1, 0.15) is 35.5 Å². The van der Waals surface area contributed by atoms with E-state index in [1.807, 2.05) is 20.8 Å². The zero-order chi connectivity index (χ0) is 52.8. The van der Waals surface area contributed by atoms with Gasteiger partial charge in [-0.3, -0.25) is 29.3 Å². The predicted molar refractivity (Wildman–Crippen MR) is 279 cm³/mol. The first-order valence-corrected chi connectivity index (χ1v) is 25.2. The minimum absolute atomic E-state index is 0. The van der Waals surface area contributed by atoms with E-state index in [0.29, 0.717) is 22.6 Å². The lowest BCUT2D eigenvalue weighted by Crippen LogP contribution is -2.54. The van der Waals surface area contributed by atoms with Gasteiger partial charge in [-0.05, 0) is 30.1 Å². The summed E-state index contributed by atoms with van der Waals surface area (Å²) in [6, 6.07) is -1.13. The molecule has 8 unspecified atom stereocenters. The molecule has 8 atom stereocenters. The summed E-state index contributed by atoms with van der Waals surface area (Å²) >= 11 is 12.6. The van der Waals surface area contributed by atoms with Crippen LogP contribution in [-0.4, -0.2) is 166 Å². The number of carboxylic acids is 1. The van der Waals surface area contributed by atoms with Crippen LogP contribution in [-0.2, 0) is 57.3 Å². The number of nitrogens with two attached hydrogens (primary N) is 2. The smallest absolute Gasteiger partial charge is 0.332 e. The number of aldehydes is 1. The molecule has 0 bridgehead atoms. The molecule has 0 aromatic heterocycles. The van der Waals surface area contributed by atoms with Crippen molar-refractivity contribution in [3.8, 4) is 0 Å². The Labute approximate surface area is 429 Å². The zero-order valence-corrected chi connectivity index (χ0v) is 47.7. The van der Waals surface area contributed by atoms with Crippen LogP contribution in [0.2, 0.25) is 0 Å². The fourth-order valence-corrected chi connectivity index (χ4v) is 9.99. The number of rotatable bonds is 9. The summed E-state index contributed by atoms with van der Waals surface area (Å²) in [4.78, 5) is 90.0. The fraction of sp³-hybridized carbons (Fsp3) is 0.814. The van der Waals surface area contributed by atoms with Gasteiger partial charge in [-0.2, -0.15) is 25.3 Å². The molecule has 0 saturated carbocycles. The van der Waals surface area contributed by atoms with Crippen molar-refractivity contribution >= 4 is 122 Å². The Morgan fingerprint density at radius 3 is 1.51 bits per heavy atom. The van der Waals surface area contributed by atoms with Crippen LogP contribution in [0.3, 0.4) is 0 Å². The lowest BCUT2D eigenvalue weighted by atomic mass is 9.92. The van der Waals surface area contributed by atoms with Crippen molar-refractivity contribution in [2.24, 2.45) is 33.1 Å². The minimum atomic E-state index is -1.18. The highest BCUT2D eigenvalue weighted by molar-refractivity contribution is 8.00. The van der Waals surface area contributed by atoms with Crippen LogP contribution in [0.4, 0.5) is 0 Å². The standard InChI is InChI=1S/C11H19NO3S.C10H17NO3S.C9H17NO2S.C5H10O.2C4H9NO2S.ClH/c1-10(2,3)8-12(7-13)11(4,6-16-8)9(14)15-5;1-10(2,3)9-11(6-12)7(5-15-9)8(13)14-4;1-9(2,3)8-10-6(5-13-8)7(11)12-4;1-5(2,3)4-6;1-4(5,2-8)3(6)7;1-7-4(6)3(5)2-8;/h7-8H,6H2,1-5H3;6-7,9H,5H2,1-4H3;6,8,10H,5H2,1-4H3;4H,1-3H3;8H,2,5H2,1H3,(H,6,7);3,8H,2,5H2,1H3;1H. The Bertz CT molecular complexity index is 1560. The van der Waals surface area contributed by atoms with Gasteiger partial charge in [0.15, 0.2) is 0 Å². The number of methoxy groups -OCH3 is 4. The van der Waals surface area contributed by atoms with Crippen molar-refractivity contribution in [1.82, 2.24) is 15.1 Å². The second-order valence-corrected chi connectivity index (χ2v) is 24.0. The van der Waals surface area contributed by atoms with Gasteiger partial charge in [0.2, 0.25) is 12.8 Å². The van der Waals surface area contributed by atoms with E-state index in [1.54, 1.807) is 52.0 Å². The first-order valence-electron chi connectivity index (χ1n) is 20.8. The Hall–Kier alpha value is -2.12. The molecule has 394 valence electrons. The average Bonchev–Trinajstić information content (AvgIpc) is 4.01. The molecule has 24 heteroatoms. The van der Waals surface area contributed by atoms with Crippen molar-refractivity contribution in [2.75, 3.05) is 57.2 Å². The summed E-state index contributed by atoms with van der Waals surface area (Å²) in [6.45, 7) is 27.6. The number of carbonyl (C=O) groups is 8.